The molecule has 0 aliphatic heterocycles. The second-order valence-corrected chi connectivity index (χ2v) is 13.9. The van der Waals surface area contributed by atoms with Gasteiger partial charge >= 0.3 is 17.9 Å². The van der Waals surface area contributed by atoms with E-state index in [2.05, 4.69) is 47.8 Å². The molecule has 6 nitrogen and oxygen atoms in total. The molecule has 9 heteroatoms. The van der Waals surface area contributed by atoms with Gasteiger partial charge in [0, 0.05) is 16.0 Å². The normalized spacial score (nSPS) is 16.0. The van der Waals surface area contributed by atoms with E-state index in [1.54, 1.807) is 0 Å². The van der Waals surface area contributed by atoms with Crippen molar-refractivity contribution < 1.29 is 28.6 Å². The average Bonchev–Trinajstić information content (AvgIpc) is 2.85. The molecule has 0 aliphatic carbocycles. The van der Waals surface area contributed by atoms with Crippen LogP contribution >= 0.6 is 47.8 Å². The van der Waals surface area contributed by atoms with Gasteiger partial charge in [0.15, 0.2) is 0 Å². The van der Waals surface area contributed by atoms with E-state index in [1.165, 1.54) is 0 Å². The van der Waals surface area contributed by atoms with Gasteiger partial charge in [-0.05, 0) is 72.6 Å². The van der Waals surface area contributed by atoms with Crippen LogP contribution in [-0.2, 0) is 28.6 Å². The Hall–Kier alpha value is -0.150. The van der Waals surface area contributed by atoms with Gasteiger partial charge in [0.25, 0.3) is 0 Å². The van der Waals surface area contributed by atoms with Gasteiger partial charge in [-0.3, -0.25) is 14.4 Å². The average molecular weight is 707 g/mol. The third-order valence-electron chi connectivity index (χ3n) is 7.75. The lowest BCUT2D eigenvalue weighted by atomic mass is 9.80. The van der Waals surface area contributed by atoms with Crippen LogP contribution in [0, 0.1) is 33.5 Å². The molecule has 0 aromatic carbocycles. The van der Waals surface area contributed by atoms with Crippen LogP contribution in [-0.4, -0.2) is 53.7 Å². The molecular weight excluding hydrogens is 660 g/mol. The van der Waals surface area contributed by atoms with E-state index in [1.807, 2.05) is 62.3 Å². The van der Waals surface area contributed by atoms with Gasteiger partial charge < -0.3 is 14.2 Å². The molecule has 0 spiro atoms. The second kappa shape index (κ2) is 15.4. The number of hydrogen-bond acceptors (Lipinski definition) is 6. The minimum atomic E-state index is -0.853. The van der Waals surface area contributed by atoms with Gasteiger partial charge in [0.2, 0.25) is 0 Å². The van der Waals surface area contributed by atoms with Crippen LogP contribution in [0.4, 0.5) is 0 Å². The van der Waals surface area contributed by atoms with Crippen LogP contribution in [0.15, 0.2) is 0 Å². The molecule has 0 saturated heterocycles. The van der Waals surface area contributed by atoms with Crippen molar-refractivity contribution in [3.05, 3.63) is 0 Å². The topological polar surface area (TPSA) is 78.9 Å². The highest BCUT2D eigenvalue weighted by Crippen LogP contribution is 2.34. The highest BCUT2D eigenvalue weighted by molar-refractivity contribution is 9.09. The molecule has 2 atom stereocenters. The van der Waals surface area contributed by atoms with Crippen molar-refractivity contribution in [2.45, 2.75) is 81.6 Å². The molecule has 212 valence electrons. The van der Waals surface area contributed by atoms with Crippen molar-refractivity contribution in [2.24, 2.45) is 33.5 Å². The molecule has 0 heterocycles. The summed E-state index contributed by atoms with van der Waals surface area (Å²) < 4.78 is 17.4. The van der Waals surface area contributed by atoms with Gasteiger partial charge in [-0.2, -0.15) is 0 Å². The number of alkyl halides is 3. The second-order valence-electron chi connectivity index (χ2n) is 11.8. The van der Waals surface area contributed by atoms with E-state index in [-0.39, 0.29) is 49.6 Å². The van der Waals surface area contributed by atoms with Crippen molar-refractivity contribution >= 4 is 65.7 Å². The molecule has 0 fully saturated rings. The molecule has 36 heavy (non-hydrogen) atoms. The van der Waals surface area contributed by atoms with Crippen LogP contribution in [0.1, 0.15) is 81.6 Å². The number of esters is 3. The van der Waals surface area contributed by atoms with Gasteiger partial charge in [0.05, 0.1) is 21.7 Å². The molecular formula is C27H47Br3O6. The van der Waals surface area contributed by atoms with Gasteiger partial charge in [-0.1, -0.05) is 68.6 Å². The fraction of sp³-hybridized carbons (Fsp3) is 0.889. The largest absolute Gasteiger partial charge is 0.464 e. The lowest BCUT2D eigenvalue weighted by molar-refractivity contribution is -0.175. The molecule has 0 aromatic rings. The number of ether oxygens (including phenoxy) is 3. The zero-order valence-electron chi connectivity index (χ0n) is 23.6. The first-order valence-electron chi connectivity index (χ1n) is 12.7. The Kier molecular flexibility index (Phi) is 15.4. The molecule has 0 aromatic heterocycles. The Balaban J connectivity index is 5.77. The van der Waals surface area contributed by atoms with Gasteiger partial charge in [-0.25, -0.2) is 0 Å². The number of carbonyl (C=O) groups excluding carboxylic acids is 3. The SMILES string of the molecule is CCC(COC(=O)C(C)(C)CCCBr)(COC(=O)C(C)(C)C(C)CBr)COC(=O)C(C)(C)C(C)CBr. The van der Waals surface area contributed by atoms with E-state index in [0.717, 1.165) is 11.8 Å². The van der Waals surface area contributed by atoms with Crippen LogP contribution in [0.5, 0.6) is 0 Å². The summed E-state index contributed by atoms with van der Waals surface area (Å²) in [4.78, 5) is 38.9. The van der Waals surface area contributed by atoms with Gasteiger partial charge in [-0.15, -0.1) is 0 Å². The summed E-state index contributed by atoms with van der Waals surface area (Å²) in [6.45, 7) is 17.0. The standard InChI is InChI=1S/C27H47Br3O6/c1-10-27(16-34-21(31)24(4,5)12-11-13-28,17-35-22(32)25(6,7)19(2)14-29)18-36-23(33)26(8,9)20(3)15-30/h19-20H,10-18H2,1-9H3. The molecule has 0 bridgehead atoms. The summed E-state index contributed by atoms with van der Waals surface area (Å²) in [5.41, 5.74) is -2.92. The van der Waals surface area contributed by atoms with Crippen LogP contribution < -0.4 is 0 Å². The summed E-state index contributed by atoms with van der Waals surface area (Å²) >= 11 is 10.3. The number of halogens is 3. The predicted octanol–water partition coefficient (Wildman–Crippen LogP) is 7.33. The Morgan fingerprint density at radius 3 is 1.36 bits per heavy atom. The first-order valence-corrected chi connectivity index (χ1v) is 16.0. The maximum Gasteiger partial charge on any atom is 0.311 e. The summed E-state index contributed by atoms with van der Waals surface area (Å²) in [5, 5.41) is 2.13. The first kappa shape index (κ1) is 35.9. The lowest BCUT2D eigenvalue weighted by Crippen LogP contribution is -2.44. The molecule has 0 rings (SSSR count). The third kappa shape index (κ3) is 10.2. The van der Waals surface area contributed by atoms with E-state index >= 15 is 0 Å². The smallest absolute Gasteiger partial charge is 0.311 e. The third-order valence-corrected chi connectivity index (χ3v) is 10.2. The zero-order chi connectivity index (χ0) is 28.4. The first-order chi connectivity index (χ1) is 16.5. The maximum absolute atomic E-state index is 13.0. The number of rotatable bonds is 17. The minimum absolute atomic E-state index is 0.0104. The predicted molar refractivity (Wildman–Crippen MR) is 156 cm³/mol. The van der Waals surface area contributed by atoms with Crippen molar-refractivity contribution in [3.63, 3.8) is 0 Å². The monoisotopic (exact) mass is 704 g/mol. The van der Waals surface area contributed by atoms with Crippen molar-refractivity contribution in [2.75, 3.05) is 35.8 Å². The van der Waals surface area contributed by atoms with Crippen molar-refractivity contribution in [3.8, 4) is 0 Å². The summed E-state index contributed by atoms with van der Waals surface area (Å²) in [6, 6.07) is 0. The Bertz CT molecular complexity index is 682. The van der Waals surface area contributed by atoms with E-state index < -0.39 is 21.7 Å². The number of carbonyl (C=O) groups is 3. The number of hydrogen-bond donors (Lipinski definition) is 0. The molecule has 2 unspecified atom stereocenters. The van der Waals surface area contributed by atoms with E-state index in [0.29, 0.717) is 23.5 Å². The van der Waals surface area contributed by atoms with Crippen LogP contribution in [0.25, 0.3) is 0 Å². The Morgan fingerprint density at radius 1 is 0.694 bits per heavy atom. The van der Waals surface area contributed by atoms with E-state index in [9.17, 15) is 14.4 Å². The highest BCUT2D eigenvalue weighted by atomic mass is 79.9. The molecule has 0 amide bonds. The van der Waals surface area contributed by atoms with E-state index in [4.69, 9.17) is 14.2 Å². The fourth-order valence-corrected chi connectivity index (χ4v) is 4.95. The summed E-state index contributed by atoms with van der Waals surface area (Å²) in [6.07, 6.45) is 2.01. The molecule has 0 aliphatic rings. The molecule has 0 saturated carbocycles. The maximum atomic E-state index is 13.0. The molecule has 0 N–H and O–H groups in total. The minimum Gasteiger partial charge on any atom is -0.464 e. The molecule has 0 radical (unpaired) electrons. The lowest BCUT2D eigenvalue weighted by Gasteiger charge is -2.36. The van der Waals surface area contributed by atoms with Gasteiger partial charge in [0.1, 0.15) is 19.8 Å². The highest BCUT2D eigenvalue weighted by Gasteiger charge is 2.42. The van der Waals surface area contributed by atoms with Crippen molar-refractivity contribution in [1.82, 2.24) is 0 Å². The van der Waals surface area contributed by atoms with Crippen LogP contribution in [0.3, 0.4) is 0 Å². The Morgan fingerprint density at radius 2 is 1.06 bits per heavy atom. The fourth-order valence-electron chi connectivity index (χ4n) is 3.05. The van der Waals surface area contributed by atoms with Crippen LogP contribution in [0.2, 0.25) is 0 Å². The van der Waals surface area contributed by atoms with Crippen molar-refractivity contribution in [1.29, 1.82) is 0 Å². The Labute approximate surface area is 244 Å². The summed E-state index contributed by atoms with van der Waals surface area (Å²) in [5.74, 6) is -0.885. The summed E-state index contributed by atoms with van der Waals surface area (Å²) in [7, 11) is 0. The zero-order valence-corrected chi connectivity index (χ0v) is 28.4. The quantitative estimate of drug-likeness (QED) is 0.0896.